The van der Waals surface area contributed by atoms with Crippen molar-refractivity contribution in [3.8, 4) is 0 Å². The Bertz CT molecular complexity index is 8450. The molecule has 92 heteroatoms. The van der Waals surface area contributed by atoms with Crippen LogP contribution in [0.3, 0.4) is 0 Å². The molecule has 5 rings (SSSR count). The first-order valence-corrected chi connectivity index (χ1v) is 137. The number of aromatic amines is 2. The van der Waals surface area contributed by atoms with Crippen LogP contribution >= 0.6 is 11.8 Å². The monoisotopic (exact) mass is 3250 g/mol. The van der Waals surface area contributed by atoms with E-state index in [1.54, 1.807) is 232 Å². The number of nitrogens with one attached hydrogen (secondary N) is 2. The number of benzene rings is 3. The average Bonchev–Trinajstić information content (AvgIpc) is 1.65. The lowest BCUT2D eigenvalue weighted by Gasteiger charge is -2.05. The second-order valence-corrected chi connectivity index (χ2v) is 158. The van der Waals surface area contributed by atoms with Crippen LogP contribution in [0.4, 0.5) is 0 Å². The lowest BCUT2D eigenvalue weighted by molar-refractivity contribution is 0.0509. The molecular formula is C31H34N2O4S86. The number of rotatable bonds is 6. The van der Waals surface area contributed by atoms with E-state index in [1.165, 1.54) is 41.1 Å². The van der Waals surface area contributed by atoms with Gasteiger partial charge in [-0.05, 0) is 70.2 Å². The van der Waals surface area contributed by atoms with Crippen LogP contribution in [-0.2, 0) is 774 Å². The summed E-state index contributed by atoms with van der Waals surface area (Å²) in [5.41, 5.74) is 5.29. The summed E-state index contributed by atoms with van der Waals surface area (Å²) in [4.78, 5) is 31.9. The summed E-state index contributed by atoms with van der Waals surface area (Å²) >= 11 is 20.8. The van der Waals surface area contributed by atoms with Gasteiger partial charge in [-0.1, -0.05) is 60.6 Å². The van der Waals surface area contributed by atoms with E-state index in [0.29, 0.717) is 24.6 Å². The van der Waals surface area contributed by atoms with Crippen LogP contribution < -0.4 is 0 Å². The fraction of sp³-hybridized carbons (Fsp3) is 0.226. The third-order valence-corrected chi connectivity index (χ3v) is 185. The molecule has 0 saturated heterocycles. The van der Waals surface area contributed by atoms with Crippen LogP contribution in [0.25, 0.3) is 21.8 Å². The minimum absolute atomic E-state index is 0. The molecular weight excluding hydrogens is 3220 g/mol. The zero-order chi connectivity index (χ0) is 87.6. The Labute approximate surface area is 966 Å². The van der Waals surface area contributed by atoms with Crippen molar-refractivity contribution in [1.82, 2.24) is 9.97 Å². The number of H-pyrrole nitrogens is 2. The fourth-order valence-electron chi connectivity index (χ4n) is 4.78. The second-order valence-electron chi connectivity index (χ2n) is 14.0. The molecule has 0 radical (unpaired) electrons. The van der Waals surface area contributed by atoms with E-state index in [-0.39, 0.29) is 19.4 Å². The first kappa shape index (κ1) is 136. The standard InChI is InChI=1S/C18H17NO2S.C12H13NO2.CH4.S43.S42/c1-3-21-18(20)16-17(22-13-7-5-4-6-8-13)14-11-12(2)9-10-15(14)19-16;1-3-15-12(14)11-7-9-6-8(2)4-5-10(9)13-11;;1-3-5-7-9-11-13-15-17-19-21-23-25-27-29-31-33-35-37-39-41-43-42-40-38-36-34-32-30-28-26-24-22-20-18-16-14-12-10-8-6-4-2;1-3-5-7-9-11-13-15-17-19-21-23-25-27-29-31-33-35-37-39-41-42-40-38-36-34-32-30-28-26-24-22-20-18-16-14-12-10-8-6-4-2/h4-11,19H,3H2,1-2H3;4-7,13H,3H2,1-2H3;1H4;;. The maximum atomic E-state index is 12.2. The van der Waals surface area contributed by atoms with Crippen molar-refractivity contribution >= 4 is 810 Å². The number of carbonyl (C=O) groups excluding carboxylic acids is 2. The third-order valence-electron chi connectivity index (χ3n) is 7.82. The highest BCUT2D eigenvalue weighted by molar-refractivity contribution is 8.85. The zero-order valence-electron chi connectivity index (χ0n) is 56.1. The molecule has 0 saturated carbocycles. The number of hydrogen-bond donors (Lipinski definition) is 2. The minimum Gasteiger partial charge on any atom is -0.461 e. The second kappa shape index (κ2) is 111. The van der Waals surface area contributed by atoms with Crippen molar-refractivity contribution in [3.63, 3.8) is 0 Å². The molecule has 2 aromatic heterocycles. The predicted octanol–water partition coefficient (Wildman–Crippen LogP) is 7.89. The fourth-order valence-corrected chi connectivity index (χ4v) is 217. The molecule has 5 aromatic rings. The van der Waals surface area contributed by atoms with Crippen molar-refractivity contribution in [3.05, 3.63) is 95.3 Å². The topological polar surface area (TPSA) is 84.2 Å². The van der Waals surface area contributed by atoms with Gasteiger partial charge in [-0.25, -0.2) is 9.59 Å². The summed E-state index contributed by atoms with van der Waals surface area (Å²) in [6, 6.07) is 24.0. The van der Waals surface area contributed by atoms with E-state index in [4.69, 9.17) is 54.2 Å². The minimum atomic E-state index is -0.310. The van der Waals surface area contributed by atoms with Gasteiger partial charge in [0, 0.05) is 791 Å². The highest BCUT2D eigenvalue weighted by Gasteiger charge is 2.20. The molecule has 0 bridgehead atoms. The van der Waals surface area contributed by atoms with Gasteiger partial charge in [0.15, 0.2) is 0 Å². The first-order chi connectivity index (χ1) is 60.2. The van der Waals surface area contributed by atoms with Gasteiger partial charge < -0.3 is 19.4 Å². The summed E-state index contributed by atoms with van der Waals surface area (Å²) in [6.45, 7) is 8.44. The molecule has 6 nitrogen and oxygen atoms in total. The van der Waals surface area contributed by atoms with Crippen LogP contribution in [0.1, 0.15) is 53.4 Å². The largest absolute Gasteiger partial charge is 0.461 e. The number of aryl methyl sites for hydroxylation is 2. The molecule has 0 atom stereocenters. The lowest BCUT2D eigenvalue weighted by atomic mass is 10.2. The summed E-state index contributed by atoms with van der Waals surface area (Å²) in [5, 5.41) is 2.09. The number of fused-ring (bicyclic) bond motifs is 2. The Kier molecular flexibility index (Phi) is 122. The van der Waals surface area contributed by atoms with Crippen molar-refractivity contribution in [2.75, 3.05) is 13.2 Å². The van der Waals surface area contributed by atoms with Gasteiger partial charge in [-0.15, -0.1) is 0 Å². The molecule has 0 amide bonds. The van der Waals surface area contributed by atoms with Crippen LogP contribution in [0.5, 0.6) is 0 Å². The van der Waals surface area contributed by atoms with Gasteiger partial charge >= 0.3 is 11.9 Å². The molecule has 3 aromatic carbocycles. The Balaban J connectivity index is 0.000000871. The van der Waals surface area contributed by atoms with Crippen LogP contribution in [0.15, 0.2) is 82.6 Å². The summed E-state index contributed by atoms with van der Waals surface area (Å²) in [6.07, 6.45) is 0. The first-order valence-electron chi connectivity index (χ1n) is 26.0. The third kappa shape index (κ3) is 90.4. The van der Waals surface area contributed by atoms with E-state index in [2.05, 4.69) is 16.0 Å². The normalized spacial score (nSPS) is 8.55. The van der Waals surface area contributed by atoms with E-state index in [0.717, 1.165) is 37.2 Å². The molecule has 708 valence electrons. The summed E-state index contributed by atoms with van der Waals surface area (Å²) in [5.74, 6) is -0.610. The van der Waals surface area contributed by atoms with Crippen LogP contribution in [-0.4, -0.2) is 35.1 Å². The van der Waals surface area contributed by atoms with E-state index in [1.807, 2.05) is 558 Å². The summed E-state index contributed by atoms with van der Waals surface area (Å²) in [7, 11) is 144. The molecule has 0 aliphatic carbocycles. The molecule has 0 spiro atoms. The predicted molar refractivity (Wildman–Crippen MR) is 781 cm³/mol. The van der Waals surface area contributed by atoms with Crippen molar-refractivity contribution in [2.45, 2.75) is 44.9 Å². The van der Waals surface area contributed by atoms with Crippen LogP contribution in [0.2, 0.25) is 0 Å². The molecule has 0 unspecified atom stereocenters. The van der Waals surface area contributed by atoms with E-state index in [9.17, 15) is 9.59 Å². The van der Waals surface area contributed by atoms with Crippen molar-refractivity contribution in [1.29, 1.82) is 0 Å². The maximum absolute atomic E-state index is 12.2. The van der Waals surface area contributed by atoms with Gasteiger partial charge in [0.2, 0.25) is 0 Å². The van der Waals surface area contributed by atoms with Gasteiger partial charge in [-0.3, -0.25) is 0 Å². The van der Waals surface area contributed by atoms with Gasteiger partial charge in [0.25, 0.3) is 0 Å². The Morgan fingerprint density at radius 1 is 0.268 bits per heavy atom. The highest BCUT2D eigenvalue weighted by Crippen LogP contribution is 2.37. The molecule has 0 aliphatic heterocycles. The number of ether oxygens (including phenoxy) is 2. The molecule has 2 heterocycles. The number of esters is 2. The Morgan fingerprint density at radius 2 is 0.488 bits per heavy atom. The number of hydrogen-bond acceptors (Lipinski definition) is 9. The molecule has 2 N–H and O–H groups in total. The van der Waals surface area contributed by atoms with Gasteiger partial charge in [-0.2, -0.15) is 0 Å². The van der Waals surface area contributed by atoms with Crippen LogP contribution in [0, 0.1) is 13.8 Å². The quantitative estimate of drug-likeness (QED) is 0.165. The smallest absolute Gasteiger partial charge is 0.355 e. The molecule has 0 aliphatic rings. The number of aromatic nitrogens is 2. The Hall–Kier alpha value is 14.7. The maximum Gasteiger partial charge on any atom is 0.355 e. The molecule has 0 fully saturated rings. The molecule has 123 heavy (non-hydrogen) atoms. The van der Waals surface area contributed by atoms with Gasteiger partial charge in [0.05, 0.1) is 18.1 Å². The van der Waals surface area contributed by atoms with E-state index >= 15 is 0 Å². The highest BCUT2D eigenvalue weighted by atomic mass is 33.6. The SMILES string of the molecule is C.CCOC(=O)c1[nH]c2ccc(C)cc2c1Sc1ccccc1.CCOC(=O)c1cc2cc(C)ccc2[nH]1.S=S=S=S=S=S=S=S=S=S=S=S=S=S=S=S=S=S=S=S=S=S=S=S=S=S=S=S=S=S=S=S=S=S=S=S=S=S=S=S=S=S.S=S=S=S=S=S=S=S=S=S=S=S=S=S=S=S=S=S=S=S=S=S=S=S=S=S=S=S=S=S=S=S=S=S=S=S=S=S=S=S=S=S=S. The zero-order valence-corrected chi connectivity index (χ0v) is 126. The average molecular weight is 3260 g/mol. The lowest BCUT2D eigenvalue weighted by Crippen LogP contribution is -2.06. The summed E-state index contributed by atoms with van der Waals surface area (Å²) < 4.78 is 10.1. The Morgan fingerprint density at radius 3 is 0.724 bits per heavy atom. The van der Waals surface area contributed by atoms with E-state index < -0.39 is 0 Å². The van der Waals surface area contributed by atoms with Gasteiger partial charge in [0.1, 0.15) is 11.4 Å². The van der Waals surface area contributed by atoms with Crippen molar-refractivity contribution in [2.24, 2.45) is 0 Å². The number of carbonyl (C=O) groups is 2. The van der Waals surface area contributed by atoms with Crippen molar-refractivity contribution < 1.29 is 19.1 Å².